The lowest BCUT2D eigenvalue weighted by Crippen LogP contribution is -2.18. The van der Waals surface area contributed by atoms with Crippen molar-refractivity contribution in [2.75, 3.05) is 19.8 Å². The van der Waals surface area contributed by atoms with Crippen molar-refractivity contribution in [3.05, 3.63) is 0 Å². The fraction of sp³-hybridized carbons (Fsp3) is 0.929. The first-order valence-corrected chi connectivity index (χ1v) is 7.00. The van der Waals surface area contributed by atoms with Crippen molar-refractivity contribution in [2.45, 2.75) is 63.9 Å². The Morgan fingerprint density at radius 1 is 1.12 bits per heavy atom. The Morgan fingerprint density at radius 2 is 2.00 bits per heavy atom. The summed E-state index contributed by atoms with van der Waals surface area (Å²) >= 11 is 0. The standard InChI is InChI=1S/C14H25NO2/c15-10-4-7-12-16-11-5-1-2-8-14-9-3-6-13-17-14/h14H,1-9,11-13H2. The summed E-state index contributed by atoms with van der Waals surface area (Å²) in [4.78, 5) is 0. The van der Waals surface area contributed by atoms with Gasteiger partial charge in [-0.05, 0) is 38.5 Å². The highest BCUT2D eigenvalue weighted by molar-refractivity contribution is 4.67. The lowest BCUT2D eigenvalue weighted by molar-refractivity contribution is 0.00941. The highest BCUT2D eigenvalue weighted by Crippen LogP contribution is 2.18. The van der Waals surface area contributed by atoms with E-state index in [2.05, 4.69) is 6.07 Å². The monoisotopic (exact) mass is 239 g/mol. The Labute approximate surface area is 105 Å². The van der Waals surface area contributed by atoms with Crippen LogP contribution >= 0.6 is 0 Å². The Morgan fingerprint density at radius 3 is 2.76 bits per heavy atom. The molecule has 0 aliphatic carbocycles. The van der Waals surface area contributed by atoms with Crippen LogP contribution in [0.25, 0.3) is 0 Å². The SMILES string of the molecule is N#CCCCOCCCCCC1CCCCO1. The molecule has 17 heavy (non-hydrogen) atoms. The second kappa shape index (κ2) is 10.6. The molecule has 0 aromatic rings. The molecule has 1 aliphatic heterocycles. The largest absolute Gasteiger partial charge is 0.381 e. The van der Waals surface area contributed by atoms with Gasteiger partial charge in [-0.3, -0.25) is 0 Å². The quantitative estimate of drug-likeness (QED) is 0.579. The van der Waals surface area contributed by atoms with Gasteiger partial charge in [-0.2, -0.15) is 5.26 Å². The van der Waals surface area contributed by atoms with E-state index in [0.29, 0.717) is 12.5 Å². The fourth-order valence-corrected chi connectivity index (χ4v) is 2.14. The Hall–Kier alpha value is -0.590. The van der Waals surface area contributed by atoms with Gasteiger partial charge < -0.3 is 9.47 Å². The highest BCUT2D eigenvalue weighted by atomic mass is 16.5. The second-order valence-electron chi connectivity index (χ2n) is 4.71. The molecule has 1 heterocycles. The maximum atomic E-state index is 8.35. The maximum absolute atomic E-state index is 8.35. The molecule has 0 radical (unpaired) electrons. The van der Waals surface area contributed by atoms with Crippen LogP contribution in [0.3, 0.4) is 0 Å². The predicted octanol–water partition coefficient (Wildman–Crippen LogP) is 3.44. The van der Waals surface area contributed by atoms with Gasteiger partial charge in [0.1, 0.15) is 0 Å². The summed E-state index contributed by atoms with van der Waals surface area (Å²) < 4.78 is 11.1. The van der Waals surface area contributed by atoms with Gasteiger partial charge in [0.15, 0.2) is 0 Å². The molecule has 1 unspecified atom stereocenters. The van der Waals surface area contributed by atoms with Crippen LogP contribution in [0.1, 0.15) is 57.8 Å². The molecule has 0 bridgehead atoms. The molecule has 3 heteroatoms. The number of nitrogens with zero attached hydrogens (tertiary/aromatic N) is 1. The van der Waals surface area contributed by atoms with E-state index >= 15 is 0 Å². The first-order chi connectivity index (χ1) is 8.43. The van der Waals surface area contributed by atoms with Crippen LogP contribution in [0.4, 0.5) is 0 Å². The molecule has 1 aliphatic rings. The summed E-state index contributed by atoms with van der Waals surface area (Å²) in [6, 6.07) is 2.12. The minimum Gasteiger partial charge on any atom is -0.381 e. The molecule has 1 rings (SSSR count). The van der Waals surface area contributed by atoms with Crippen LogP contribution in [0, 0.1) is 11.3 Å². The number of hydrogen-bond donors (Lipinski definition) is 0. The Bertz CT molecular complexity index is 207. The predicted molar refractivity (Wildman–Crippen MR) is 67.7 cm³/mol. The third-order valence-electron chi connectivity index (χ3n) is 3.17. The first-order valence-electron chi connectivity index (χ1n) is 7.00. The van der Waals surface area contributed by atoms with E-state index in [1.165, 1.54) is 38.5 Å². The number of hydrogen-bond acceptors (Lipinski definition) is 3. The fourth-order valence-electron chi connectivity index (χ4n) is 2.14. The van der Waals surface area contributed by atoms with Crippen LogP contribution in [0.5, 0.6) is 0 Å². The van der Waals surface area contributed by atoms with Gasteiger partial charge in [-0.25, -0.2) is 0 Å². The second-order valence-corrected chi connectivity index (χ2v) is 4.71. The van der Waals surface area contributed by atoms with Crippen molar-refractivity contribution in [1.29, 1.82) is 5.26 Å². The van der Waals surface area contributed by atoms with E-state index in [1.807, 2.05) is 0 Å². The van der Waals surface area contributed by atoms with Crippen molar-refractivity contribution in [3.63, 3.8) is 0 Å². The average molecular weight is 239 g/mol. The highest BCUT2D eigenvalue weighted by Gasteiger charge is 2.12. The van der Waals surface area contributed by atoms with Gasteiger partial charge in [0, 0.05) is 26.2 Å². The number of nitriles is 1. The third-order valence-corrected chi connectivity index (χ3v) is 3.17. The number of unbranched alkanes of at least 4 members (excludes halogenated alkanes) is 3. The van der Waals surface area contributed by atoms with E-state index in [0.717, 1.165) is 32.7 Å². The van der Waals surface area contributed by atoms with Gasteiger partial charge in [-0.1, -0.05) is 12.8 Å². The van der Waals surface area contributed by atoms with Crippen LogP contribution in [-0.4, -0.2) is 25.9 Å². The smallest absolute Gasteiger partial charge is 0.0622 e. The molecule has 0 amide bonds. The number of ether oxygens (including phenoxy) is 2. The van der Waals surface area contributed by atoms with Gasteiger partial charge in [0.25, 0.3) is 0 Å². The van der Waals surface area contributed by atoms with Gasteiger partial charge in [0.05, 0.1) is 12.2 Å². The van der Waals surface area contributed by atoms with Crippen LogP contribution in [0.15, 0.2) is 0 Å². The molecule has 0 aromatic carbocycles. The molecule has 1 saturated heterocycles. The summed E-state index contributed by atoms with van der Waals surface area (Å²) in [5.41, 5.74) is 0. The number of rotatable bonds is 9. The van der Waals surface area contributed by atoms with Crippen LogP contribution in [-0.2, 0) is 9.47 Å². The van der Waals surface area contributed by atoms with E-state index in [9.17, 15) is 0 Å². The van der Waals surface area contributed by atoms with Crippen molar-refractivity contribution >= 4 is 0 Å². The molecule has 0 aromatic heterocycles. The normalized spacial score (nSPS) is 20.1. The zero-order valence-corrected chi connectivity index (χ0v) is 10.8. The maximum Gasteiger partial charge on any atom is 0.0622 e. The molecular weight excluding hydrogens is 214 g/mol. The molecule has 98 valence electrons. The zero-order chi connectivity index (χ0) is 12.2. The molecule has 0 spiro atoms. The minimum absolute atomic E-state index is 0.528. The van der Waals surface area contributed by atoms with E-state index in [-0.39, 0.29) is 0 Å². The minimum atomic E-state index is 0.528. The summed E-state index contributed by atoms with van der Waals surface area (Å²) in [5.74, 6) is 0. The topological polar surface area (TPSA) is 42.2 Å². The summed E-state index contributed by atoms with van der Waals surface area (Å²) in [5, 5.41) is 8.35. The van der Waals surface area contributed by atoms with Crippen molar-refractivity contribution in [2.24, 2.45) is 0 Å². The van der Waals surface area contributed by atoms with Gasteiger partial charge in [-0.15, -0.1) is 0 Å². The molecule has 0 N–H and O–H groups in total. The molecular formula is C14H25NO2. The molecule has 1 fully saturated rings. The summed E-state index contributed by atoms with van der Waals surface area (Å²) in [7, 11) is 0. The van der Waals surface area contributed by atoms with Crippen LogP contribution in [0.2, 0.25) is 0 Å². The summed E-state index contributed by atoms with van der Waals surface area (Å²) in [6.07, 6.45) is 10.7. The average Bonchev–Trinajstić information content (AvgIpc) is 2.38. The van der Waals surface area contributed by atoms with Gasteiger partial charge >= 0.3 is 0 Å². The van der Waals surface area contributed by atoms with Gasteiger partial charge in [0.2, 0.25) is 0 Å². The molecule has 1 atom stereocenters. The Balaban J connectivity index is 1.76. The van der Waals surface area contributed by atoms with Crippen molar-refractivity contribution < 1.29 is 9.47 Å². The molecule has 3 nitrogen and oxygen atoms in total. The first kappa shape index (κ1) is 14.5. The van der Waals surface area contributed by atoms with E-state index < -0.39 is 0 Å². The van der Waals surface area contributed by atoms with Crippen molar-refractivity contribution in [1.82, 2.24) is 0 Å². The zero-order valence-electron chi connectivity index (χ0n) is 10.8. The van der Waals surface area contributed by atoms with Crippen LogP contribution < -0.4 is 0 Å². The van der Waals surface area contributed by atoms with E-state index in [1.54, 1.807) is 0 Å². The Kier molecular flexibility index (Phi) is 8.99. The van der Waals surface area contributed by atoms with E-state index in [4.69, 9.17) is 14.7 Å². The summed E-state index contributed by atoms with van der Waals surface area (Å²) in [6.45, 7) is 2.54. The lowest BCUT2D eigenvalue weighted by Gasteiger charge is -2.22. The third kappa shape index (κ3) is 8.18. The van der Waals surface area contributed by atoms with Crippen molar-refractivity contribution in [3.8, 4) is 6.07 Å². The lowest BCUT2D eigenvalue weighted by atomic mass is 10.0. The molecule has 0 saturated carbocycles.